The Balaban J connectivity index is 2.08. The molecule has 1 N–H and O–H groups in total. The maximum atomic E-state index is 4.28. The van der Waals surface area contributed by atoms with E-state index in [0.29, 0.717) is 12.1 Å². The highest BCUT2D eigenvalue weighted by Gasteiger charge is 2.14. The third kappa shape index (κ3) is 4.55. The van der Waals surface area contributed by atoms with Crippen molar-refractivity contribution in [3.8, 4) is 0 Å². The van der Waals surface area contributed by atoms with Crippen molar-refractivity contribution in [3.05, 3.63) is 46.4 Å². The summed E-state index contributed by atoms with van der Waals surface area (Å²) in [7, 11) is 2.17. The molecule has 0 radical (unpaired) electrons. The van der Waals surface area contributed by atoms with Crippen LogP contribution >= 0.6 is 11.3 Å². The van der Waals surface area contributed by atoms with E-state index in [1.165, 1.54) is 16.1 Å². The summed E-state index contributed by atoms with van der Waals surface area (Å²) >= 11 is 1.83. The Hall–Kier alpha value is -1.39. The van der Waals surface area contributed by atoms with Crippen molar-refractivity contribution in [1.29, 1.82) is 0 Å². The van der Waals surface area contributed by atoms with Crippen LogP contribution in [-0.4, -0.2) is 24.1 Å². The summed E-state index contributed by atoms with van der Waals surface area (Å²) in [5, 5.41) is 5.62. The van der Waals surface area contributed by atoms with Gasteiger partial charge in [-0.2, -0.15) is 0 Å². The second kappa shape index (κ2) is 7.57. The van der Waals surface area contributed by atoms with Crippen LogP contribution in [0.5, 0.6) is 0 Å². The van der Waals surface area contributed by atoms with E-state index >= 15 is 0 Å². The number of hydrogen-bond acceptors (Lipinski definition) is 4. The van der Waals surface area contributed by atoms with Crippen LogP contribution in [0.25, 0.3) is 0 Å². The average Bonchev–Trinajstić information content (AvgIpc) is 2.97. The Labute approximate surface area is 132 Å². The summed E-state index contributed by atoms with van der Waals surface area (Å²) in [5.74, 6) is 0. The van der Waals surface area contributed by atoms with Gasteiger partial charge in [0, 0.05) is 60.6 Å². The molecule has 2 rings (SSSR count). The van der Waals surface area contributed by atoms with Gasteiger partial charge in [0.25, 0.3) is 0 Å². The number of nitrogens with one attached hydrogen (secondary N) is 1. The van der Waals surface area contributed by atoms with E-state index in [4.69, 9.17) is 0 Å². The standard InChI is InChI=1S/C17H25N3S/c1-13(2)19-12-15-11-18-8-7-17(15)20(4)14(3)10-16-6-5-9-21-16/h5-9,11,13-14,19H,10,12H2,1-4H3. The van der Waals surface area contributed by atoms with Crippen molar-refractivity contribution in [2.75, 3.05) is 11.9 Å². The zero-order chi connectivity index (χ0) is 15.2. The zero-order valence-corrected chi connectivity index (χ0v) is 14.2. The molecule has 0 fully saturated rings. The lowest BCUT2D eigenvalue weighted by molar-refractivity contribution is 0.585. The topological polar surface area (TPSA) is 28.2 Å². The minimum Gasteiger partial charge on any atom is -0.371 e. The van der Waals surface area contributed by atoms with E-state index < -0.39 is 0 Å². The lowest BCUT2D eigenvalue weighted by Gasteiger charge is -2.29. The normalized spacial score (nSPS) is 12.6. The molecule has 4 heteroatoms. The molecule has 0 aromatic carbocycles. The van der Waals surface area contributed by atoms with Crippen molar-refractivity contribution in [1.82, 2.24) is 10.3 Å². The quantitative estimate of drug-likeness (QED) is 0.845. The second-order valence-electron chi connectivity index (χ2n) is 5.78. The number of anilines is 1. The number of pyridine rings is 1. The Morgan fingerprint density at radius 3 is 2.76 bits per heavy atom. The number of rotatable bonds is 7. The predicted octanol–water partition coefficient (Wildman–Crippen LogP) is 3.71. The summed E-state index contributed by atoms with van der Waals surface area (Å²) in [5.41, 5.74) is 2.52. The van der Waals surface area contributed by atoms with E-state index in [9.17, 15) is 0 Å². The Morgan fingerprint density at radius 1 is 1.29 bits per heavy atom. The van der Waals surface area contributed by atoms with Crippen molar-refractivity contribution in [2.24, 2.45) is 0 Å². The molecule has 0 aliphatic carbocycles. The van der Waals surface area contributed by atoms with Crippen LogP contribution in [0.2, 0.25) is 0 Å². The highest BCUT2D eigenvalue weighted by molar-refractivity contribution is 7.09. The fraction of sp³-hybridized carbons (Fsp3) is 0.471. The monoisotopic (exact) mass is 303 g/mol. The molecule has 3 nitrogen and oxygen atoms in total. The first-order chi connectivity index (χ1) is 10.1. The van der Waals surface area contributed by atoms with E-state index in [0.717, 1.165) is 13.0 Å². The summed E-state index contributed by atoms with van der Waals surface area (Å²) in [6.07, 6.45) is 4.93. The van der Waals surface area contributed by atoms with Gasteiger partial charge in [-0.25, -0.2) is 0 Å². The molecule has 0 amide bonds. The van der Waals surface area contributed by atoms with Gasteiger partial charge in [-0.05, 0) is 24.4 Å². The maximum absolute atomic E-state index is 4.28. The van der Waals surface area contributed by atoms with Gasteiger partial charge in [0.2, 0.25) is 0 Å². The predicted molar refractivity (Wildman–Crippen MR) is 92.1 cm³/mol. The Bertz CT molecular complexity index is 537. The third-order valence-corrected chi connectivity index (χ3v) is 4.60. The maximum Gasteiger partial charge on any atom is 0.0442 e. The molecule has 2 aromatic heterocycles. The summed E-state index contributed by atoms with van der Waals surface area (Å²) in [6, 6.07) is 7.39. The number of hydrogen-bond donors (Lipinski definition) is 1. The van der Waals surface area contributed by atoms with E-state index in [1.54, 1.807) is 0 Å². The first-order valence-electron chi connectivity index (χ1n) is 7.49. The molecule has 0 saturated heterocycles. The van der Waals surface area contributed by atoms with Crippen molar-refractivity contribution < 1.29 is 0 Å². The molecule has 0 saturated carbocycles. The smallest absolute Gasteiger partial charge is 0.0442 e. The fourth-order valence-corrected chi connectivity index (χ4v) is 3.13. The number of thiophene rings is 1. The molecule has 1 atom stereocenters. The van der Waals surface area contributed by atoms with Crippen LogP contribution < -0.4 is 10.2 Å². The first-order valence-corrected chi connectivity index (χ1v) is 8.37. The number of likely N-dealkylation sites (N-methyl/N-ethyl adjacent to an activating group) is 1. The Kier molecular flexibility index (Phi) is 5.76. The fourth-order valence-electron chi connectivity index (χ4n) is 2.31. The number of aromatic nitrogens is 1. The molecule has 0 bridgehead atoms. The minimum atomic E-state index is 0.462. The third-order valence-electron chi connectivity index (χ3n) is 3.70. The highest BCUT2D eigenvalue weighted by atomic mass is 32.1. The van der Waals surface area contributed by atoms with Gasteiger partial charge in [-0.15, -0.1) is 11.3 Å². The van der Waals surface area contributed by atoms with E-state index in [-0.39, 0.29) is 0 Å². The molecule has 21 heavy (non-hydrogen) atoms. The van der Waals surface area contributed by atoms with Crippen LogP contribution in [0.3, 0.4) is 0 Å². The highest BCUT2D eigenvalue weighted by Crippen LogP contribution is 2.22. The minimum absolute atomic E-state index is 0.462. The van der Waals surface area contributed by atoms with Gasteiger partial charge in [0.1, 0.15) is 0 Å². The van der Waals surface area contributed by atoms with Gasteiger partial charge in [0.15, 0.2) is 0 Å². The van der Waals surface area contributed by atoms with Gasteiger partial charge in [-0.1, -0.05) is 19.9 Å². The van der Waals surface area contributed by atoms with Crippen LogP contribution in [0.15, 0.2) is 36.0 Å². The van der Waals surface area contributed by atoms with Gasteiger partial charge in [0.05, 0.1) is 0 Å². The van der Waals surface area contributed by atoms with Crippen molar-refractivity contribution >= 4 is 17.0 Å². The summed E-state index contributed by atoms with van der Waals surface area (Å²) in [6.45, 7) is 7.47. The SMILES string of the molecule is CC(C)NCc1cnccc1N(C)C(C)Cc1cccs1. The van der Waals surface area contributed by atoms with Gasteiger partial charge >= 0.3 is 0 Å². The Morgan fingerprint density at radius 2 is 2.10 bits per heavy atom. The molecule has 0 aliphatic heterocycles. The van der Waals surface area contributed by atoms with Crippen LogP contribution in [0, 0.1) is 0 Å². The van der Waals surface area contributed by atoms with Crippen LogP contribution in [-0.2, 0) is 13.0 Å². The van der Waals surface area contributed by atoms with E-state index in [2.05, 4.69) is 66.6 Å². The molecule has 114 valence electrons. The molecule has 2 aromatic rings. The van der Waals surface area contributed by atoms with Gasteiger partial charge < -0.3 is 10.2 Å². The van der Waals surface area contributed by atoms with E-state index in [1.807, 2.05) is 23.7 Å². The van der Waals surface area contributed by atoms with Crippen molar-refractivity contribution in [2.45, 2.75) is 45.8 Å². The molecular weight excluding hydrogens is 278 g/mol. The van der Waals surface area contributed by atoms with Crippen LogP contribution in [0.1, 0.15) is 31.2 Å². The van der Waals surface area contributed by atoms with Gasteiger partial charge in [-0.3, -0.25) is 4.98 Å². The molecular formula is C17H25N3S. The zero-order valence-electron chi connectivity index (χ0n) is 13.3. The average molecular weight is 303 g/mol. The molecule has 0 spiro atoms. The summed E-state index contributed by atoms with van der Waals surface area (Å²) in [4.78, 5) is 8.07. The first kappa shape index (κ1) is 16.0. The largest absolute Gasteiger partial charge is 0.371 e. The molecule has 0 aliphatic rings. The summed E-state index contributed by atoms with van der Waals surface area (Å²) < 4.78 is 0. The lowest BCUT2D eigenvalue weighted by atomic mass is 10.1. The van der Waals surface area contributed by atoms with Crippen LogP contribution in [0.4, 0.5) is 5.69 Å². The number of nitrogens with zero attached hydrogens (tertiary/aromatic N) is 2. The molecule has 2 heterocycles. The molecule has 1 unspecified atom stereocenters. The second-order valence-corrected chi connectivity index (χ2v) is 6.82. The lowest BCUT2D eigenvalue weighted by Crippen LogP contribution is -2.32. The van der Waals surface area contributed by atoms with Crippen molar-refractivity contribution in [3.63, 3.8) is 0 Å².